The second kappa shape index (κ2) is 11.0. The number of nitrogens with one attached hydrogen (secondary N) is 1. The van der Waals surface area contributed by atoms with Crippen LogP contribution in [-0.2, 0) is 16.1 Å². The van der Waals surface area contributed by atoms with E-state index in [1.165, 1.54) is 4.90 Å². The van der Waals surface area contributed by atoms with Crippen molar-refractivity contribution < 1.29 is 19.1 Å². The number of ether oxygens (including phenoxy) is 2. The topological polar surface area (TPSA) is 67.9 Å². The van der Waals surface area contributed by atoms with Crippen molar-refractivity contribution in [2.75, 3.05) is 13.7 Å². The van der Waals surface area contributed by atoms with Gasteiger partial charge in [-0.3, -0.25) is 9.59 Å². The van der Waals surface area contributed by atoms with E-state index in [0.717, 1.165) is 15.6 Å². The van der Waals surface area contributed by atoms with Gasteiger partial charge in [-0.15, -0.1) is 0 Å². The zero-order valence-corrected chi connectivity index (χ0v) is 19.7. The lowest BCUT2D eigenvalue weighted by Gasteiger charge is -2.29. The number of methoxy groups -OCH3 is 1. The van der Waals surface area contributed by atoms with Gasteiger partial charge in [0.25, 0.3) is 5.91 Å². The summed E-state index contributed by atoms with van der Waals surface area (Å²) in [6.45, 7) is 7.55. The second-order valence-corrected chi connectivity index (χ2v) is 8.27. The Morgan fingerprint density at radius 1 is 1.10 bits per heavy atom. The normalized spacial score (nSPS) is 11.7. The molecule has 1 atom stereocenters. The van der Waals surface area contributed by atoms with Gasteiger partial charge in [0.1, 0.15) is 17.5 Å². The van der Waals surface area contributed by atoms with E-state index in [1.54, 1.807) is 20.1 Å². The van der Waals surface area contributed by atoms with Crippen LogP contribution in [0, 0.1) is 6.92 Å². The minimum atomic E-state index is -0.652. The SMILES string of the molecule is COc1cccc(CN(C(=O)COc2ccc(Br)c(C)c2)[C@H](C)C(=O)NC(C)C)c1. The van der Waals surface area contributed by atoms with Crippen LogP contribution < -0.4 is 14.8 Å². The number of hydrogen-bond donors (Lipinski definition) is 1. The van der Waals surface area contributed by atoms with Crippen LogP contribution in [0.2, 0.25) is 0 Å². The van der Waals surface area contributed by atoms with E-state index < -0.39 is 6.04 Å². The zero-order chi connectivity index (χ0) is 22.3. The van der Waals surface area contributed by atoms with Crippen LogP contribution >= 0.6 is 15.9 Å². The highest BCUT2D eigenvalue weighted by Gasteiger charge is 2.27. The predicted octanol–water partition coefficient (Wildman–Crippen LogP) is 4.09. The van der Waals surface area contributed by atoms with Crippen molar-refractivity contribution in [1.29, 1.82) is 0 Å². The lowest BCUT2D eigenvalue weighted by Crippen LogP contribution is -2.50. The quantitative estimate of drug-likeness (QED) is 0.591. The average Bonchev–Trinajstić information content (AvgIpc) is 2.71. The number of benzene rings is 2. The van der Waals surface area contributed by atoms with Gasteiger partial charge in [0.2, 0.25) is 5.91 Å². The highest BCUT2D eigenvalue weighted by atomic mass is 79.9. The molecule has 2 aromatic carbocycles. The molecular weight excluding hydrogens is 448 g/mol. The molecule has 0 aliphatic carbocycles. The molecular formula is C23H29BrN2O4. The molecule has 0 saturated heterocycles. The van der Waals surface area contributed by atoms with Gasteiger partial charge in [0.15, 0.2) is 6.61 Å². The van der Waals surface area contributed by atoms with E-state index in [9.17, 15) is 9.59 Å². The van der Waals surface area contributed by atoms with Gasteiger partial charge < -0.3 is 19.7 Å². The van der Waals surface area contributed by atoms with Gasteiger partial charge >= 0.3 is 0 Å². The first kappa shape index (κ1) is 23.7. The molecule has 1 N–H and O–H groups in total. The number of nitrogens with zero attached hydrogens (tertiary/aromatic N) is 1. The molecule has 2 rings (SSSR count). The third-order valence-corrected chi connectivity index (χ3v) is 5.47. The molecule has 0 aromatic heterocycles. The first-order chi connectivity index (χ1) is 14.2. The number of amides is 2. The van der Waals surface area contributed by atoms with Crippen LogP contribution in [0.3, 0.4) is 0 Å². The Kier molecular flexibility index (Phi) is 8.72. The molecule has 2 amide bonds. The number of rotatable bonds is 9. The summed E-state index contributed by atoms with van der Waals surface area (Å²) in [6, 6.07) is 12.3. The van der Waals surface area contributed by atoms with Gasteiger partial charge in [0, 0.05) is 17.1 Å². The maximum atomic E-state index is 13.0. The van der Waals surface area contributed by atoms with Gasteiger partial charge in [-0.05, 0) is 69.2 Å². The van der Waals surface area contributed by atoms with E-state index in [4.69, 9.17) is 9.47 Å². The molecule has 0 bridgehead atoms. The third kappa shape index (κ3) is 6.76. The molecule has 30 heavy (non-hydrogen) atoms. The summed E-state index contributed by atoms with van der Waals surface area (Å²) in [5, 5.41) is 2.87. The van der Waals surface area contributed by atoms with Crippen LogP contribution in [0.15, 0.2) is 46.9 Å². The molecule has 0 heterocycles. The fraction of sp³-hybridized carbons (Fsp3) is 0.391. The van der Waals surface area contributed by atoms with Crippen molar-refractivity contribution in [3.05, 3.63) is 58.1 Å². The van der Waals surface area contributed by atoms with Gasteiger partial charge in [-0.25, -0.2) is 0 Å². The van der Waals surface area contributed by atoms with Crippen molar-refractivity contribution in [2.45, 2.75) is 46.3 Å². The first-order valence-electron chi connectivity index (χ1n) is 9.83. The fourth-order valence-electron chi connectivity index (χ4n) is 2.89. The zero-order valence-electron chi connectivity index (χ0n) is 18.1. The van der Waals surface area contributed by atoms with Crippen LogP contribution in [-0.4, -0.2) is 42.5 Å². The van der Waals surface area contributed by atoms with E-state index in [-0.39, 0.29) is 31.0 Å². The summed E-state index contributed by atoms with van der Waals surface area (Å²) >= 11 is 3.45. The van der Waals surface area contributed by atoms with Crippen molar-refractivity contribution >= 4 is 27.7 Å². The Bertz CT molecular complexity index is 885. The maximum Gasteiger partial charge on any atom is 0.261 e. The molecule has 2 aromatic rings. The van der Waals surface area contributed by atoms with E-state index in [1.807, 2.05) is 57.2 Å². The maximum absolute atomic E-state index is 13.0. The summed E-state index contributed by atoms with van der Waals surface area (Å²) in [6.07, 6.45) is 0. The minimum Gasteiger partial charge on any atom is -0.497 e. The second-order valence-electron chi connectivity index (χ2n) is 7.41. The lowest BCUT2D eigenvalue weighted by molar-refractivity contribution is -0.142. The minimum absolute atomic E-state index is 0.0179. The average molecular weight is 477 g/mol. The number of hydrogen-bond acceptors (Lipinski definition) is 4. The predicted molar refractivity (Wildman–Crippen MR) is 121 cm³/mol. The molecule has 0 fully saturated rings. The Labute approximate surface area is 186 Å². The summed E-state index contributed by atoms with van der Waals surface area (Å²) < 4.78 is 12.0. The Morgan fingerprint density at radius 2 is 1.83 bits per heavy atom. The Balaban J connectivity index is 2.18. The van der Waals surface area contributed by atoms with Crippen LogP contribution in [0.5, 0.6) is 11.5 Å². The number of carbonyl (C=O) groups is 2. The van der Waals surface area contributed by atoms with Crippen LogP contribution in [0.25, 0.3) is 0 Å². The van der Waals surface area contributed by atoms with Gasteiger partial charge in [-0.1, -0.05) is 28.1 Å². The van der Waals surface area contributed by atoms with E-state index >= 15 is 0 Å². The standard InChI is InChI=1S/C23H29BrN2O4/c1-15(2)25-23(28)17(4)26(13-18-7-6-8-19(12-18)29-5)22(27)14-30-20-9-10-21(24)16(3)11-20/h6-12,15,17H,13-14H2,1-5H3,(H,25,28)/t17-/m1/s1. The molecule has 6 nitrogen and oxygen atoms in total. The summed E-state index contributed by atoms with van der Waals surface area (Å²) in [5.74, 6) is 0.816. The Morgan fingerprint density at radius 3 is 2.47 bits per heavy atom. The summed E-state index contributed by atoms with van der Waals surface area (Å²) in [4.78, 5) is 27.2. The van der Waals surface area contributed by atoms with Gasteiger partial charge in [0.05, 0.1) is 7.11 Å². The molecule has 0 radical (unpaired) electrons. The lowest BCUT2D eigenvalue weighted by atomic mass is 10.1. The summed E-state index contributed by atoms with van der Waals surface area (Å²) in [7, 11) is 1.59. The molecule has 0 aliphatic heterocycles. The number of aryl methyl sites for hydroxylation is 1. The van der Waals surface area contributed by atoms with Crippen LogP contribution in [0.1, 0.15) is 31.9 Å². The monoisotopic (exact) mass is 476 g/mol. The molecule has 7 heteroatoms. The highest BCUT2D eigenvalue weighted by molar-refractivity contribution is 9.10. The van der Waals surface area contributed by atoms with Gasteiger partial charge in [-0.2, -0.15) is 0 Å². The largest absolute Gasteiger partial charge is 0.497 e. The van der Waals surface area contributed by atoms with Crippen molar-refractivity contribution in [3.63, 3.8) is 0 Å². The Hall–Kier alpha value is -2.54. The fourth-order valence-corrected chi connectivity index (χ4v) is 3.14. The molecule has 0 unspecified atom stereocenters. The van der Waals surface area contributed by atoms with Crippen molar-refractivity contribution in [1.82, 2.24) is 10.2 Å². The number of halogens is 1. The molecule has 0 saturated carbocycles. The number of carbonyl (C=O) groups excluding carboxylic acids is 2. The molecule has 0 aliphatic rings. The third-order valence-electron chi connectivity index (χ3n) is 4.58. The summed E-state index contributed by atoms with van der Waals surface area (Å²) in [5.41, 5.74) is 1.88. The van der Waals surface area contributed by atoms with E-state index in [2.05, 4.69) is 21.2 Å². The molecule has 162 valence electrons. The molecule has 0 spiro atoms. The highest BCUT2D eigenvalue weighted by Crippen LogP contribution is 2.22. The first-order valence-corrected chi connectivity index (χ1v) is 10.6. The van der Waals surface area contributed by atoms with Crippen LogP contribution in [0.4, 0.5) is 0 Å². The van der Waals surface area contributed by atoms with Crippen molar-refractivity contribution in [3.8, 4) is 11.5 Å². The smallest absolute Gasteiger partial charge is 0.261 e. The van der Waals surface area contributed by atoms with Crippen molar-refractivity contribution in [2.24, 2.45) is 0 Å². The van der Waals surface area contributed by atoms with E-state index in [0.29, 0.717) is 11.5 Å².